The molecule has 0 radical (unpaired) electrons. The monoisotopic (exact) mass is 177 g/mol. The van der Waals surface area contributed by atoms with Gasteiger partial charge in [-0.15, -0.1) is 0 Å². The van der Waals surface area contributed by atoms with Gasteiger partial charge in [0.05, 0.1) is 0 Å². The fourth-order valence-electron chi connectivity index (χ4n) is 0. The van der Waals surface area contributed by atoms with Gasteiger partial charge in [-0.05, 0) is 5.54 Å². The van der Waals surface area contributed by atoms with Crippen molar-refractivity contribution in [1.29, 1.82) is 0 Å². The highest BCUT2D eigenvalue weighted by atomic mass is 35.5. The van der Waals surface area contributed by atoms with Gasteiger partial charge in [-0.25, -0.2) is 0 Å². The normalized spacial score (nSPS) is 8.11. The first-order valence-corrected chi connectivity index (χ1v) is 4.20. The molecule has 0 aliphatic heterocycles. The first-order valence-electron chi connectivity index (χ1n) is 1.67. The second kappa shape index (κ2) is 8.30. The van der Waals surface area contributed by atoms with Gasteiger partial charge in [0.25, 0.3) is 0 Å². The Kier molecular flexibility index (Phi) is 14.9. The molecule has 0 saturated heterocycles. The average molecular weight is 178 g/mol. The molecular weight excluding hydrogens is 166 g/mol. The van der Waals surface area contributed by atoms with Crippen LogP contribution < -0.4 is 0 Å². The molecular formula is C3H11ClO4P+. The van der Waals surface area contributed by atoms with Crippen LogP contribution in [0.2, 0.25) is 0 Å². The minimum Gasteiger partial charge on any atom is -0.412 e. The molecule has 0 aromatic heterocycles. The highest BCUT2D eigenvalue weighted by Crippen LogP contribution is 2.38. The van der Waals surface area contributed by atoms with Crippen molar-refractivity contribution in [1.82, 2.24) is 0 Å². The number of hydrogen-bond acceptors (Lipinski definition) is 3. The second-order valence-electron chi connectivity index (χ2n) is 1.02. The summed E-state index contributed by atoms with van der Waals surface area (Å²) in [5, 5.41) is 0. The van der Waals surface area contributed by atoms with E-state index < -0.39 is 7.94 Å². The standard InChI is InChI=1S/C2H3Cl.CH6O3P.H2O/c1-2-3;1-5(2,3)4;/h2H,1H2;2-4H,1H3;1H2/q;+1;. The molecule has 0 aromatic carbocycles. The molecule has 0 saturated carbocycles. The molecule has 0 aliphatic carbocycles. The third-order valence-electron chi connectivity index (χ3n) is 0. The van der Waals surface area contributed by atoms with Crippen molar-refractivity contribution in [3.05, 3.63) is 12.1 Å². The van der Waals surface area contributed by atoms with Crippen molar-refractivity contribution in [2.24, 2.45) is 0 Å². The summed E-state index contributed by atoms with van der Waals surface area (Å²) in [6.45, 7) is 4.09. The zero-order chi connectivity index (χ0) is 7.21. The van der Waals surface area contributed by atoms with Crippen LogP contribution in [0, 0.1) is 0 Å². The van der Waals surface area contributed by atoms with Gasteiger partial charge in [0.2, 0.25) is 0 Å². The summed E-state index contributed by atoms with van der Waals surface area (Å²) in [5.41, 5.74) is 1.22. The van der Waals surface area contributed by atoms with Crippen LogP contribution in [0.4, 0.5) is 0 Å². The SMILES string of the molecule is C=CCl.C[P+](O)(O)O.O. The van der Waals surface area contributed by atoms with E-state index in [0.717, 1.165) is 6.66 Å². The van der Waals surface area contributed by atoms with E-state index in [2.05, 4.69) is 6.58 Å². The predicted molar refractivity (Wildman–Crippen MR) is 39.2 cm³/mol. The van der Waals surface area contributed by atoms with Crippen molar-refractivity contribution in [3.8, 4) is 0 Å². The van der Waals surface area contributed by atoms with Crippen molar-refractivity contribution < 1.29 is 20.2 Å². The van der Waals surface area contributed by atoms with E-state index >= 15 is 0 Å². The van der Waals surface area contributed by atoms with Crippen LogP contribution in [0.5, 0.6) is 0 Å². The predicted octanol–water partition coefficient (Wildman–Crippen LogP) is -0.100. The van der Waals surface area contributed by atoms with Crippen molar-refractivity contribution in [2.75, 3.05) is 6.66 Å². The zero-order valence-electron chi connectivity index (χ0n) is 4.95. The summed E-state index contributed by atoms with van der Waals surface area (Å²) in [7, 11) is -3.39. The molecule has 0 spiro atoms. The number of hydrogen-bond donors (Lipinski definition) is 3. The summed E-state index contributed by atoms with van der Waals surface area (Å²) < 4.78 is 0. The van der Waals surface area contributed by atoms with Gasteiger partial charge in [0.1, 0.15) is 6.66 Å². The van der Waals surface area contributed by atoms with Crippen LogP contribution in [0.1, 0.15) is 0 Å². The Bertz CT molecular complexity index is 55.3. The molecule has 0 heterocycles. The molecule has 0 aliphatic rings. The van der Waals surface area contributed by atoms with Crippen LogP contribution in [0.25, 0.3) is 0 Å². The lowest BCUT2D eigenvalue weighted by atomic mass is 11.3. The molecule has 0 amide bonds. The maximum atomic E-state index is 7.74. The van der Waals surface area contributed by atoms with Gasteiger partial charge in [0.15, 0.2) is 0 Å². The van der Waals surface area contributed by atoms with Gasteiger partial charge in [-0.2, -0.15) is 14.7 Å². The average Bonchev–Trinajstić information content (AvgIpc) is 1.27. The Morgan fingerprint density at radius 2 is 1.44 bits per heavy atom. The van der Waals surface area contributed by atoms with E-state index in [1.807, 2.05) is 0 Å². The Morgan fingerprint density at radius 3 is 1.44 bits per heavy atom. The third-order valence-corrected chi connectivity index (χ3v) is 0. The fourth-order valence-corrected chi connectivity index (χ4v) is 0. The summed E-state index contributed by atoms with van der Waals surface area (Å²) in [6, 6.07) is 0. The summed E-state index contributed by atoms with van der Waals surface area (Å²) >= 11 is 4.76. The second-order valence-corrected chi connectivity index (χ2v) is 3.07. The lowest BCUT2D eigenvalue weighted by Crippen LogP contribution is -1.78. The van der Waals surface area contributed by atoms with Crippen LogP contribution in [0.15, 0.2) is 12.1 Å². The largest absolute Gasteiger partial charge is 0.412 e. The Hall–Kier alpha value is 0.300. The van der Waals surface area contributed by atoms with Crippen molar-refractivity contribution >= 4 is 19.5 Å². The Labute approximate surface area is 59.3 Å². The molecule has 5 N–H and O–H groups in total. The number of halogens is 1. The Morgan fingerprint density at radius 1 is 1.44 bits per heavy atom. The molecule has 58 valence electrons. The quantitative estimate of drug-likeness (QED) is 0.451. The van der Waals surface area contributed by atoms with E-state index in [9.17, 15) is 0 Å². The fraction of sp³-hybridized carbons (Fsp3) is 0.333. The lowest BCUT2D eigenvalue weighted by molar-refractivity contribution is 0.340. The molecule has 0 rings (SSSR count). The van der Waals surface area contributed by atoms with E-state index in [1.54, 1.807) is 0 Å². The van der Waals surface area contributed by atoms with E-state index in [4.69, 9.17) is 26.3 Å². The maximum Gasteiger partial charge on any atom is 0.400 e. The van der Waals surface area contributed by atoms with Gasteiger partial charge >= 0.3 is 7.94 Å². The summed E-state index contributed by atoms with van der Waals surface area (Å²) in [4.78, 5) is 23.2. The lowest BCUT2D eigenvalue weighted by Gasteiger charge is -1.88. The highest BCUT2D eigenvalue weighted by Gasteiger charge is 2.17. The van der Waals surface area contributed by atoms with Crippen LogP contribution in [-0.4, -0.2) is 26.8 Å². The van der Waals surface area contributed by atoms with Crippen LogP contribution in [0.3, 0.4) is 0 Å². The van der Waals surface area contributed by atoms with Gasteiger partial charge in [-0.1, -0.05) is 18.2 Å². The molecule has 0 unspecified atom stereocenters. The molecule has 4 nitrogen and oxygen atoms in total. The molecule has 9 heavy (non-hydrogen) atoms. The summed E-state index contributed by atoms with van der Waals surface area (Å²) in [5.74, 6) is 0. The van der Waals surface area contributed by atoms with Gasteiger partial charge in [-0.3, -0.25) is 0 Å². The smallest absolute Gasteiger partial charge is 0.400 e. The van der Waals surface area contributed by atoms with Crippen molar-refractivity contribution in [2.45, 2.75) is 0 Å². The topological polar surface area (TPSA) is 92.2 Å². The first kappa shape index (κ1) is 16.1. The zero-order valence-corrected chi connectivity index (χ0v) is 6.60. The van der Waals surface area contributed by atoms with Crippen LogP contribution >= 0.6 is 19.5 Å². The van der Waals surface area contributed by atoms with E-state index in [0.29, 0.717) is 0 Å². The third kappa shape index (κ3) is 3660. The van der Waals surface area contributed by atoms with Gasteiger partial charge in [0, 0.05) is 0 Å². The van der Waals surface area contributed by atoms with Crippen LogP contribution in [-0.2, 0) is 0 Å². The molecule has 0 bridgehead atoms. The molecule has 0 atom stereocenters. The molecule has 6 heteroatoms. The number of rotatable bonds is 0. The van der Waals surface area contributed by atoms with Gasteiger partial charge < -0.3 is 5.48 Å². The maximum absolute atomic E-state index is 7.74. The first-order chi connectivity index (χ1) is 3.41. The minimum absolute atomic E-state index is 0. The molecule has 0 aromatic rings. The van der Waals surface area contributed by atoms with Crippen molar-refractivity contribution in [3.63, 3.8) is 0 Å². The van der Waals surface area contributed by atoms with E-state index in [-0.39, 0.29) is 5.48 Å². The van der Waals surface area contributed by atoms with E-state index in [1.165, 1.54) is 5.54 Å². The summed E-state index contributed by atoms with van der Waals surface area (Å²) in [6.07, 6.45) is 0. The highest BCUT2D eigenvalue weighted by molar-refractivity contribution is 7.57. The Balaban J connectivity index is -0.0000000800. The molecule has 0 fully saturated rings. The minimum atomic E-state index is -3.39.